The van der Waals surface area contributed by atoms with Crippen LogP contribution in [0.5, 0.6) is 11.5 Å². The number of rotatable bonds is 12. The number of carbonyl (C=O) groups excluding carboxylic acids is 2. The number of benzene rings is 3. The van der Waals surface area contributed by atoms with E-state index in [-0.39, 0.29) is 18.4 Å². The van der Waals surface area contributed by atoms with Gasteiger partial charge in [0, 0.05) is 19.5 Å². The molecule has 0 aliphatic heterocycles. The second-order valence-corrected chi connectivity index (χ2v) is 9.29. The fourth-order valence-corrected chi connectivity index (χ4v) is 3.94. The summed E-state index contributed by atoms with van der Waals surface area (Å²) in [5.74, 6) is 0.869. The van der Waals surface area contributed by atoms with Gasteiger partial charge < -0.3 is 19.7 Å². The van der Waals surface area contributed by atoms with Gasteiger partial charge in [0.25, 0.3) is 5.91 Å². The maximum Gasteiger partial charge on any atom is 0.261 e. The molecular weight excluding hydrogens is 452 g/mol. The van der Waals surface area contributed by atoms with Crippen molar-refractivity contribution in [2.24, 2.45) is 5.92 Å². The molecule has 3 rings (SSSR count). The van der Waals surface area contributed by atoms with Crippen LogP contribution < -0.4 is 14.8 Å². The number of methoxy groups -OCH3 is 1. The summed E-state index contributed by atoms with van der Waals surface area (Å²) in [4.78, 5) is 28.8. The second kappa shape index (κ2) is 13.3. The van der Waals surface area contributed by atoms with Crippen LogP contribution in [0.4, 0.5) is 0 Å². The van der Waals surface area contributed by atoms with Gasteiger partial charge in [-0.3, -0.25) is 9.59 Å². The Morgan fingerprint density at radius 1 is 0.889 bits per heavy atom. The summed E-state index contributed by atoms with van der Waals surface area (Å²) in [5, 5.41) is 3.03. The van der Waals surface area contributed by atoms with Crippen molar-refractivity contribution >= 4 is 11.8 Å². The van der Waals surface area contributed by atoms with E-state index in [0.717, 1.165) is 16.7 Å². The van der Waals surface area contributed by atoms with Gasteiger partial charge in [0.05, 0.1) is 7.11 Å². The Labute approximate surface area is 214 Å². The van der Waals surface area contributed by atoms with Crippen LogP contribution in [-0.2, 0) is 22.6 Å². The van der Waals surface area contributed by atoms with E-state index in [1.54, 1.807) is 24.1 Å². The third-order valence-electron chi connectivity index (χ3n) is 5.81. The Hall–Kier alpha value is -3.80. The number of aryl methyl sites for hydroxylation is 1. The summed E-state index contributed by atoms with van der Waals surface area (Å²) in [7, 11) is 1.56. The van der Waals surface area contributed by atoms with Crippen molar-refractivity contribution in [3.05, 3.63) is 95.6 Å². The lowest BCUT2D eigenvalue weighted by atomic mass is 10.0. The van der Waals surface area contributed by atoms with E-state index in [4.69, 9.17) is 9.47 Å². The third-order valence-corrected chi connectivity index (χ3v) is 5.81. The van der Waals surface area contributed by atoms with Gasteiger partial charge in [-0.25, -0.2) is 0 Å². The summed E-state index contributed by atoms with van der Waals surface area (Å²) in [6, 6.07) is 24.3. The van der Waals surface area contributed by atoms with Crippen LogP contribution in [0.15, 0.2) is 78.9 Å². The Balaban J connectivity index is 1.91. The van der Waals surface area contributed by atoms with Crippen molar-refractivity contribution in [3.63, 3.8) is 0 Å². The average molecular weight is 489 g/mol. The molecule has 6 nitrogen and oxygen atoms in total. The SMILES string of the molecule is COc1ccccc1OCC(=O)N(Cc1cccc(C)c1)C(Cc1ccccc1)C(=O)NCC(C)C. The number of carbonyl (C=O) groups is 2. The number of amides is 2. The van der Waals surface area contributed by atoms with E-state index in [9.17, 15) is 9.59 Å². The first-order valence-electron chi connectivity index (χ1n) is 12.3. The number of para-hydroxylation sites is 2. The summed E-state index contributed by atoms with van der Waals surface area (Å²) < 4.78 is 11.2. The van der Waals surface area contributed by atoms with Crippen molar-refractivity contribution in [2.45, 2.75) is 39.8 Å². The summed E-state index contributed by atoms with van der Waals surface area (Å²) in [6.07, 6.45) is 0.400. The largest absolute Gasteiger partial charge is 0.493 e. The maximum atomic E-state index is 13.7. The molecule has 1 N–H and O–H groups in total. The van der Waals surface area contributed by atoms with E-state index < -0.39 is 6.04 Å². The molecule has 0 aliphatic rings. The van der Waals surface area contributed by atoms with Gasteiger partial charge in [-0.15, -0.1) is 0 Å². The number of nitrogens with zero attached hydrogens (tertiary/aromatic N) is 1. The minimum atomic E-state index is -0.694. The molecular formula is C30H36N2O4. The Morgan fingerprint density at radius 2 is 1.56 bits per heavy atom. The molecule has 0 heterocycles. The predicted molar refractivity (Wildman–Crippen MR) is 142 cm³/mol. The zero-order valence-corrected chi connectivity index (χ0v) is 21.6. The molecule has 0 radical (unpaired) electrons. The van der Waals surface area contributed by atoms with Crippen LogP contribution in [0, 0.1) is 12.8 Å². The van der Waals surface area contributed by atoms with E-state index >= 15 is 0 Å². The number of hydrogen-bond donors (Lipinski definition) is 1. The zero-order chi connectivity index (χ0) is 25.9. The van der Waals surface area contributed by atoms with Crippen LogP contribution in [0.3, 0.4) is 0 Å². The van der Waals surface area contributed by atoms with Gasteiger partial charge in [-0.1, -0.05) is 86.1 Å². The number of nitrogens with one attached hydrogen (secondary N) is 1. The van der Waals surface area contributed by atoms with E-state index in [2.05, 4.69) is 5.32 Å². The lowest BCUT2D eigenvalue weighted by Crippen LogP contribution is -2.52. The highest BCUT2D eigenvalue weighted by atomic mass is 16.5. The molecule has 0 fully saturated rings. The number of hydrogen-bond acceptors (Lipinski definition) is 4. The molecule has 1 unspecified atom stereocenters. The molecule has 3 aromatic rings. The highest BCUT2D eigenvalue weighted by molar-refractivity contribution is 5.88. The van der Waals surface area contributed by atoms with Crippen molar-refractivity contribution in [3.8, 4) is 11.5 Å². The molecule has 0 spiro atoms. The summed E-state index contributed by atoms with van der Waals surface area (Å²) in [5.41, 5.74) is 3.03. The highest BCUT2D eigenvalue weighted by Crippen LogP contribution is 2.26. The molecule has 0 bridgehead atoms. The first-order valence-corrected chi connectivity index (χ1v) is 12.3. The molecule has 36 heavy (non-hydrogen) atoms. The van der Waals surface area contributed by atoms with Crippen LogP contribution in [0.2, 0.25) is 0 Å². The quantitative estimate of drug-likeness (QED) is 0.398. The molecule has 0 aliphatic carbocycles. The van der Waals surface area contributed by atoms with Crippen molar-refractivity contribution < 1.29 is 19.1 Å². The molecule has 0 aromatic heterocycles. The second-order valence-electron chi connectivity index (χ2n) is 9.29. The first kappa shape index (κ1) is 26.8. The lowest BCUT2D eigenvalue weighted by Gasteiger charge is -2.32. The minimum absolute atomic E-state index is 0.175. The fraction of sp³-hybridized carbons (Fsp3) is 0.333. The summed E-state index contributed by atoms with van der Waals surface area (Å²) >= 11 is 0. The summed E-state index contributed by atoms with van der Waals surface area (Å²) in [6.45, 7) is 6.72. The molecule has 3 aromatic carbocycles. The van der Waals surface area contributed by atoms with Crippen LogP contribution in [0.25, 0.3) is 0 Å². The van der Waals surface area contributed by atoms with E-state index in [1.165, 1.54) is 0 Å². The topological polar surface area (TPSA) is 67.9 Å². The fourth-order valence-electron chi connectivity index (χ4n) is 3.94. The normalized spacial score (nSPS) is 11.6. The number of ether oxygens (including phenoxy) is 2. The van der Waals surface area contributed by atoms with E-state index in [0.29, 0.717) is 36.9 Å². The molecule has 6 heteroatoms. The smallest absolute Gasteiger partial charge is 0.261 e. The Morgan fingerprint density at radius 3 is 2.22 bits per heavy atom. The van der Waals surface area contributed by atoms with Crippen molar-refractivity contribution in [1.29, 1.82) is 0 Å². The van der Waals surface area contributed by atoms with Gasteiger partial charge in [0.15, 0.2) is 18.1 Å². The molecule has 1 atom stereocenters. The Bertz CT molecular complexity index is 1130. The van der Waals surface area contributed by atoms with Crippen molar-refractivity contribution in [2.75, 3.05) is 20.3 Å². The van der Waals surface area contributed by atoms with Crippen LogP contribution >= 0.6 is 0 Å². The van der Waals surface area contributed by atoms with Gasteiger partial charge in [0.1, 0.15) is 6.04 Å². The van der Waals surface area contributed by atoms with Crippen molar-refractivity contribution in [1.82, 2.24) is 10.2 Å². The van der Waals surface area contributed by atoms with Gasteiger partial charge >= 0.3 is 0 Å². The highest BCUT2D eigenvalue weighted by Gasteiger charge is 2.31. The predicted octanol–water partition coefficient (Wildman–Crippen LogP) is 4.79. The third kappa shape index (κ3) is 7.87. The Kier molecular flexibility index (Phi) is 9.92. The van der Waals surface area contributed by atoms with Gasteiger partial charge in [0.2, 0.25) is 5.91 Å². The molecule has 190 valence electrons. The van der Waals surface area contributed by atoms with Crippen LogP contribution in [0.1, 0.15) is 30.5 Å². The first-order chi connectivity index (χ1) is 17.4. The standard InChI is InChI=1S/C30H36N2O4/c1-22(2)19-31-30(34)26(18-24-12-6-5-7-13-24)32(20-25-14-10-11-23(3)17-25)29(33)21-36-28-16-9-8-15-27(28)35-4/h5-17,22,26H,18-21H2,1-4H3,(H,31,34). The zero-order valence-electron chi connectivity index (χ0n) is 21.6. The van der Waals surface area contributed by atoms with E-state index in [1.807, 2.05) is 87.5 Å². The van der Waals surface area contributed by atoms with Gasteiger partial charge in [-0.05, 0) is 36.1 Å². The minimum Gasteiger partial charge on any atom is -0.493 e. The van der Waals surface area contributed by atoms with Crippen LogP contribution in [-0.4, -0.2) is 43.0 Å². The molecule has 0 saturated carbocycles. The van der Waals surface area contributed by atoms with Gasteiger partial charge in [-0.2, -0.15) is 0 Å². The lowest BCUT2D eigenvalue weighted by molar-refractivity contribution is -0.142. The monoisotopic (exact) mass is 488 g/mol. The maximum absolute atomic E-state index is 13.7. The average Bonchev–Trinajstić information content (AvgIpc) is 2.88. The molecule has 0 saturated heterocycles. The molecule has 2 amide bonds.